The number of nitriles is 2. The second-order valence-corrected chi connectivity index (χ2v) is 9.51. The summed E-state index contributed by atoms with van der Waals surface area (Å²) in [6, 6.07) is 16.2. The van der Waals surface area contributed by atoms with Crippen molar-refractivity contribution in [3.05, 3.63) is 53.8 Å². The van der Waals surface area contributed by atoms with Crippen LogP contribution in [0.15, 0.2) is 42.5 Å². The lowest BCUT2D eigenvalue weighted by Crippen LogP contribution is -2.48. The van der Waals surface area contributed by atoms with Crippen LogP contribution < -0.4 is 19.8 Å². The number of para-hydroxylation sites is 1. The van der Waals surface area contributed by atoms with Crippen LogP contribution in [0.5, 0.6) is 0 Å². The van der Waals surface area contributed by atoms with Gasteiger partial charge in [0.2, 0.25) is 5.91 Å². The van der Waals surface area contributed by atoms with E-state index in [1.165, 1.54) is 17.9 Å². The molecule has 186 valence electrons. The molecular formula is C25H25FN6O3S. The average Bonchev–Trinajstić information content (AvgIpc) is 3.25. The third-order valence-electron chi connectivity index (χ3n) is 6.20. The molecule has 0 radical (unpaired) electrons. The molecule has 11 heteroatoms. The van der Waals surface area contributed by atoms with Crippen molar-refractivity contribution in [2.75, 3.05) is 40.5 Å². The van der Waals surface area contributed by atoms with Crippen molar-refractivity contribution >= 4 is 41.0 Å². The molecule has 2 aromatic rings. The summed E-state index contributed by atoms with van der Waals surface area (Å²) in [4.78, 5) is 26.5. The summed E-state index contributed by atoms with van der Waals surface area (Å²) in [5.41, 5.74) is 1.01. The van der Waals surface area contributed by atoms with Gasteiger partial charge in [-0.1, -0.05) is 12.1 Å². The second kappa shape index (κ2) is 10.8. The van der Waals surface area contributed by atoms with Crippen LogP contribution >= 0.6 is 11.9 Å². The van der Waals surface area contributed by atoms with Crippen LogP contribution in [0.3, 0.4) is 0 Å². The molecule has 2 saturated heterocycles. The van der Waals surface area contributed by atoms with Gasteiger partial charge in [0.05, 0.1) is 41.0 Å². The van der Waals surface area contributed by atoms with E-state index in [9.17, 15) is 20.1 Å². The van der Waals surface area contributed by atoms with Crippen molar-refractivity contribution in [3.63, 3.8) is 0 Å². The summed E-state index contributed by atoms with van der Waals surface area (Å²) in [5.74, 6) is -0.265. The lowest BCUT2D eigenvalue weighted by Gasteiger charge is -2.39. The van der Waals surface area contributed by atoms with E-state index in [2.05, 4.69) is 22.2 Å². The predicted octanol–water partition coefficient (Wildman–Crippen LogP) is 3.78. The Kier molecular flexibility index (Phi) is 7.51. The monoisotopic (exact) mass is 508 g/mol. The molecule has 2 heterocycles. The maximum absolute atomic E-state index is 15.1. The Morgan fingerprint density at radius 1 is 1.25 bits per heavy atom. The largest absolute Gasteiger partial charge is 0.443 e. The number of hydrogen-bond acceptors (Lipinski definition) is 8. The van der Waals surface area contributed by atoms with E-state index < -0.39 is 23.6 Å². The Hall–Kier alpha value is -3.96. The number of carbonyl (C=O) groups excluding carboxylic acids is 2. The SMILES string of the molecule is CC(=O)NSC[C@@H]1CN(c2ccc(N3CCC(C#N)(Nc4ccccc4C#N)CC3)c(F)c2)C(=O)O1. The average molecular weight is 509 g/mol. The first kappa shape index (κ1) is 25.1. The fraction of sp³-hybridized carbons (Fsp3) is 0.360. The van der Waals surface area contributed by atoms with E-state index >= 15 is 4.39 Å². The van der Waals surface area contributed by atoms with Gasteiger partial charge in [0.15, 0.2) is 0 Å². The van der Waals surface area contributed by atoms with Crippen LogP contribution in [0.4, 0.5) is 26.2 Å². The van der Waals surface area contributed by atoms with Crippen LogP contribution in [0.2, 0.25) is 0 Å². The lowest BCUT2D eigenvalue weighted by molar-refractivity contribution is -0.117. The second-order valence-electron chi connectivity index (χ2n) is 8.68. The number of piperidine rings is 1. The molecule has 2 amide bonds. The first-order chi connectivity index (χ1) is 17.3. The van der Waals surface area contributed by atoms with Gasteiger partial charge in [-0.15, -0.1) is 0 Å². The summed E-state index contributed by atoms with van der Waals surface area (Å²) in [7, 11) is 0. The highest BCUT2D eigenvalue weighted by Gasteiger charge is 2.37. The number of carbonyl (C=O) groups is 2. The summed E-state index contributed by atoms with van der Waals surface area (Å²) in [6.07, 6.45) is -0.0966. The van der Waals surface area contributed by atoms with E-state index in [4.69, 9.17) is 4.74 Å². The van der Waals surface area contributed by atoms with Crippen molar-refractivity contribution in [2.45, 2.75) is 31.4 Å². The molecule has 2 aliphatic rings. The predicted molar refractivity (Wildman–Crippen MR) is 135 cm³/mol. The molecule has 2 aromatic carbocycles. The number of rotatable bonds is 7. The van der Waals surface area contributed by atoms with Crippen molar-refractivity contribution in [3.8, 4) is 12.1 Å². The van der Waals surface area contributed by atoms with Gasteiger partial charge in [-0.25, -0.2) is 9.18 Å². The Morgan fingerprint density at radius 2 is 2.00 bits per heavy atom. The summed E-state index contributed by atoms with van der Waals surface area (Å²) < 4.78 is 23.0. The Balaban J connectivity index is 1.40. The first-order valence-electron chi connectivity index (χ1n) is 11.4. The van der Waals surface area contributed by atoms with Crippen molar-refractivity contribution in [1.82, 2.24) is 4.72 Å². The van der Waals surface area contributed by atoms with Crippen molar-refractivity contribution in [1.29, 1.82) is 10.5 Å². The van der Waals surface area contributed by atoms with Gasteiger partial charge >= 0.3 is 6.09 Å². The molecular weight excluding hydrogens is 483 g/mol. The van der Waals surface area contributed by atoms with Gasteiger partial charge in [0.25, 0.3) is 0 Å². The molecule has 0 saturated carbocycles. The molecule has 0 aliphatic carbocycles. The summed E-state index contributed by atoms with van der Waals surface area (Å²) in [6.45, 7) is 2.55. The lowest BCUT2D eigenvalue weighted by atomic mass is 9.88. The number of anilines is 3. The van der Waals surface area contributed by atoms with E-state index in [1.807, 2.05) is 4.90 Å². The zero-order valence-electron chi connectivity index (χ0n) is 19.7. The quantitative estimate of drug-likeness (QED) is 0.542. The molecule has 1 atom stereocenters. The van der Waals surface area contributed by atoms with E-state index in [0.717, 1.165) is 11.9 Å². The summed E-state index contributed by atoms with van der Waals surface area (Å²) >= 11 is 1.16. The number of amides is 2. The summed E-state index contributed by atoms with van der Waals surface area (Å²) in [5, 5.41) is 22.5. The minimum Gasteiger partial charge on any atom is -0.443 e. The third kappa shape index (κ3) is 5.47. The first-order valence-corrected chi connectivity index (χ1v) is 12.4. The molecule has 2 fully saturated rings. The van der Waals surface area contributed by atoms with E-state index in [1.54, 1.807) is 36.4 Å². The standard InChI is InChI=1S/C25H25FN6O3S/c1-17(33)30-36-15-20-14-32(24(34)35-20)19-6-7-23(21(26)12-19)31-10-8-25(16-28,9-11-31)29-22-5-3-2-4-18(22)13-27/h2-7,12,20,29H,8-11,14-15H2,1H3,(H,30,33)/t20-/m0/s1. The minimum atomic E-state index is -0.858. The maximum Gasteiger partial charge on any atom is 0.414 e. The molecule has 0 bridgehead atoms. The van der Waals surface area contributed by atoms with Gasteiger partial charge in [0, 0.05) is 32.9 Å². The van der Waals surface area contributed by atoms with Gasteiger partial charge in [-0.05, 0) is 42.3 Å². The Labute approximate surface area is 212 Å². The van der Waals surface area contributed by atoms with Crippen LogP contribution in [0.1, 0.15) is 25.3 Å². The Morgan fingerprint density at radius 3 is 2.67 bits per heavy atom. The van der Waals surface area contributed by atoms with Gasteiger partial charge in [-0.3, -0.25) is 9.69 Å². The smallest absolute Gasteiger partial charge is 0.414 e. The zero-order valence-corrected chi connectivity index (χ0v) is 20.5. The minimum absolute atomic E-state index is 0.189. The van der Waals surface area contributed by atoms with E-state index in [-0.39, 0.29) is 12.5 Å². The molecule has 0 unspecified atom stereocenters. The Bertz CT molecular complexity index is 1240. The van der Waals surface area contributed by atoms with Crippen LogP contribution in [-0.2, 0) is 9.53 Å². The van der Waals surface area contributed by atoms with Crippen LogP contribution in [0, 0.1) is 28.5 Å². The number of hydrogen-bond donors (Lipinski definition) is 2. The van der Waals surface area contributed by atoms with Gasteiger partial charge in [0.1, 0.15) is 23.5 Å². The number of cyclic esters (lactones) is 1. The highest BCUT2D eigenvalue weighted by molar-refractivity contribution is 7.97. The maximum atomic E-state index is 15.1. The molecule has 0 aromatic heterocycles. The molecule has 0 spiro atoms. The number of nitrogens with one attached hydrogen (secondary N) is 2. The molecule has 2 aliphatic heterocycles. The van der Waals surface area contributed by atoms with Crippen LogP contribution in [0.25, 0.3) is 0 Å². The molecule has 9 nitrogen and oxygen atoms in total. The van der Waals surface area contributed by atoms with Crippen molar-refractivity contribution in [2.24, 2.45) is 0 Å². The number of ether oxygens (including phenoxy) is 1. The molecule has 36 heavy (non-hydrogen) atoms. The van der Waals surface area contributed by atoms with Crippen molar-refractivity contribution < 1.29 is 18.7 Å². The topological polar surface area (TPSA) is 121 Å². The normalized spacial score (nSPS) is 18.7. The molecule has 2 N–H and O–H groups in total. The fourth-order valence-corrected chi connectivity index (χ4v) is 4.96. The molecule has 4 rings (SSSR count). The fourth-order valence-electron chi connectivity index (χ4n) is 4.32. The zero-order chi connectivity index (χ0) is 25.7. The number of nitrogens with zero attached hydrogens (tertiary/aromatic N) is 4. The highest BCUT2D eigenvalue weighted by Crippen LogP contribution is 2.33. The number of benzene rings is 2. The highest BCUT2D eigenvalue weighted by atomic mass is 32.2. The van der Waals surface area contributed by atoms with Gasteiger partial charge in [-0.2, -0.15) is 10.5 Å². The third-order valence-corrected chi connectivity index (χ3v) is 7.17. The van der Waals surface area contributed by atoms with Gasteiger partial charge < -0.3 is 19.7 Å². The number of halogens is 1. The van der Waals surface area contributed by atoms with E-state index in [0.29, 0.717) is 54.3 Å². The van der Waals surface area contributed by atoms with Crippen LogP contribution in [-0.4, -0.2) is 49.0 Å².